The molecule has 2 heterocycles. The maximum atomic E-state index is 4.07. The average molecular weight is 198 g/mol. The summed E-state index contributed by atoms with van der Waals surface area (Å²) in [7, 11) is 0. The highest BCUT2D eigenvalue weighted by Gasteiger charge is 2.00. The van der Waals surface area contributed by atoms with Crippen LogP contribution in [-0.4, -0.2) is 4.98 Å². The molecule has 2 aromatic heterocycles. The van der Waals surface area contributed by atoms with E-state index in [-0.39, 0.29) is 0 Å². The summed E-state index contributed by atoms with van der Waals surface area (Å²) in [4.78, 5) is 6.31. The lowest BCUT2D eigenvalue weighted by Crippen LogP contribution is -1.72. The first kappa shape index (κ1) is 8.98. The number of pyridine rings is 1. The van der Waals surface area contributed by atoms with Crippen LogP contribution in [0.5, 0.6) is 0 Å². The van der Waals surface area contributed by atoms with Gasteiger partial charge in [0.1, 0.15) is 0 Å². The first-order valence-electron chi connectivity index (χ1n) is 4.18. The zero-order valence-corrected chi connectivity index (χ0v) is 8.34. The van der Waals surface area contributed by atoms with Crippen molar-refractivity contribution in [3.8, 4) is 22.3 Å². The fourth-order valence-electron chi connectivity index (χ4n) is 1.16. The Morgan fingerprint density at radius 2 is 2.21 bits per heavy atom. The molecule has 0 amide bonds. The highest BCUT2D eigenvalue weighted by molar-refractivity contribution is 7.16. The predicted octanol–water partition coefficient (Wildman–Crippen LogP) is 3.00. The minimum Gasteiger partial charge on any atom is -0.264 e. The van der Waals surface area contributed by atoms with Crippen LogP contribution in [0.1, 0.15) is 4.88 Å². The molecule has 2 rings (SSSR count). The van der Waals surface area contributed by atoms with E-state index in [1.807, 2.05) is 24.4 Å². The van der Waals surface area contributed by atoms with Crippen LogP contribution in [0.3, 0.4) is 0 Å². The van der Waals surface area contributed by atoms with Crippen molar-refractivity contribution in [1.29, 1.82) is 0 Å². The third-order valence-corrected chi connectivity index (χ3v) is 2.81. The van der Waals surface area contributed by atoms with Crippen LogP contribution < -0.4 is 0 Å². The molecule has 1 nitrogen and oxygen atoms in total. The van der Waals surface area contributed by atoms with Crippen LogP contribution in [0.25, 0.3) is 10.4 Å². The highest BCUT2D eigenvalue weighted by Crippen LogP contribution is 2.26. The van der Waals surface area contributed by atoms with Gasteiger partial charge in [-0.05, 0) is 18.2 Å². The van der Waals surface area contributed by atoms with Crippen molar-refractivity contribution in [2.75, 3.05) is 0 Å². The van der Waals surface area contributed by atoms with Crippen molar-refractivity contribution < 1.29 is 0 Å². The van der Waals surface area contributed by atoms with E-state index in [1.54, 1.807) is 17.5 Å². The third kappa shape index (κ3) is 1.84. The van der Waals surface area contributed by atoms with Gasteiger partial charge in [-0.2, -0.15) is 0 Å². The number of hydrogen-bond donors (Lipinski definition) is 0. The van der Waals surface area contributed by atoms with Gasteiger partial charge in [0, 0.05) is 29.8 Å². The topological polar surface area (TPSA) is 12.9 Å². The molecular formula is C12H8NS. The van der Waals surface area contributed by atoms with Gasteiger partial charge < -0.3 is 0 Å². The van der Waals surface area contributed by atoms with E-state index < -0.39 is 0 Å². The van der Waals surface area contributed by atoms with E-state index in [0.717, 1.165) is 10.4 Å². The van der Waals surface area contributed by atoms with E-state index in [9.17, 15) is 0 Å². The highest BCUT2D eigenvalue weighted by atomic mass is 32.1. The number of nitrogens with zero attached hydrogens (tertiary/aromatic N) is 1. The Kier molecular flexibility index (Phi) is 2.62. The molecule has 2 aromatic rings. The third-order valence-electron chi connectivity index (χ3n) is 1.76. The SMILES string of the molecule is [CH2]C#Cc1ccc(-c2cccnc2)s1. The summed E-state index contributed by atoms with van der Waals surface area (Å²) in [6.45, 7) is 3.50. The largest absolute Gasteiger partial charge is 0.264 e. The van der Waals surface area contributed by atoms with Crippen LogP contribution in [0, 0.1) is 18.8 Å². The molecule has 0 saturated carbocycles. The molecule has 0 N–H and O–H groups in total. The summed E-state index contributed by atoms with van der Waals surface area (Å²) < 4.78 is 0. The van der Waals surface area contributed by atoms with Crippen LogP contribution in [0.2, 0.25) is 0 Å². The molecule has 1 radical (unpaired) electrons. The average Bonchev–Trinajstić information content (AvgIpc) is 2.68. The summed E-state index contributed by atoms with van der Waals surface area (Å²) >= 11 is 1.66. The van der Waals surface area contributed by atoms with E-state index in [0.29, 0.717) is 0 Å². The first-order chi connectivity index (χ1) is 6.90. The first-order valence-corrected chi connectivity index (χ1v) is 5.00. The van der Waals surface area contributed by atoms with E-state index in [4.69, 9.17) is 0 Å². The predicted molar refractivity (Wildman–Crippen MR) is 59.8 cm³/mol. The van der Waals surface area contributed by atoms with Gasteiger partial charge >= 0.3 is 0 Å². The Morgan fingerprint density at radius 3 is 2.93 bits per heavy atom. The fourth-order valence-corrected chi connectivity index (χ4v) is 2.03. The Balaban J connectivity index is 2.37. The van der Waals surface area contributed by atoms with Gasteiger partial charge in [0.05, 0.1) is 4.88 Å². The number of thiophene rings is 1. The van der Waals surface area contributed by atoms with Gasteiger partial charge in [0.15, 0.2) is 0 Å². The summed E-state index contributed by atoms with van der Waals surface area (Å²) in [5.41, 5.74) is 1.13. The molecule has 2 heteroatoms. The molecule has 0 aliphatic carbocycles. The Bertz CT molecular complexity index is 474. The molecule has 0 unspecified atom stereocenters. The normalized spacial score (nSPS) is 9.21. The smallest absolute Gasteiger partial charge is 0.0775 e. The van der Waals surface area contributed by atoms with Gasteiger partial charge in [-0.25, -0.2) is 0 Å². The Hall–Kier alpha value is -1.59. The zero-order valence-electron chi connectivity index (χ0n) is 7.53. The van der Waals surface area contributed by atoms with Crippen LogP contribution in [-0.2, 0) is 0 Å². The zero-order chi connectivity index (χ0) is 9.80. The van der Waals surface area contributed by atoms with Gasteiger partial charge in [-0.3, -0.25) is 4.98 Å². The molecule has 0 spiro atoms. The number of rotatable bonds is 1. The maximum Gasteiger partial charge on any atom is 0.0775 e. The second kappa shape index (κ2) is 4.08. The van der Waals surface area contributed by atoms with Gasteiger partial charge in [0.2, 0.25) is 0 Å². The quantitative estimate of drug-likeness (QED) is 0.642. The van der Waals surface area contributed by atoms with Gasteiger partial charge in [-0.15, -0.1) is 11.3 Å². The van der Waals surface area contributed by atoms with Gasteiger partial charge in [0.25, 0.3) is 0 Å². The van der Waals surface area contributed by atoms with Crippen molar-refractivity contribution in [3.05, 3.63) is 48.5 Å². The summed E-state index contributed by atoms with van der Waals surface area (Å²) in [5.74, 6) is 5.58. The van der Waals surface area contributed by atoms with Crippen molar-refractivity contribution in [1.82, 2.24) is 4.98 Å². The van der Waals surface area contributed by atoms with Crippen LogP contribution >= 0.6 is 11.3 Å². The molecule has 67 valence electrons. The monoisotopic (exact) mass is 198 g/mol. The second-order valence-electron chi connectivity index (χ2n) is 2.71. The molecule has 0 bridgehead atoms. The molecule has 14 heavy (non-hydrogen) atoms. The fraction of sp³-hybridized carbons (Fsp3) is 0. The van der Waals surface area contributed by atoms with Crippen molar-refractivity contribution in [3.63, 3.8) is 0 Å². The van der Waals surface area contributed by atoms with E-state index >= 15 is 0 Å². The lowest BCUT2D eigenvalue weighted by molar-refractivity contribution is 1.33. The van der Waals surface area contributed by atoms with E-state index in [1.165, 1.54) is 4.88 Å². The maximum absolute atomic E-state index is 4.07. The summed E-state index contributed by atoms with van der Waals surface area (Å²) in [6.07, 6.45) is 3.63. The second-order valence-corrected chi connectivity index (χ2v) is 3.79. The van der Waals surface area contributed by atoms with Gasteiger partial charge in [-0.1, -0.05) is 17.9 Å². The van der Waals surface area contributed by atoms with Crippen LogP contribution in [0.15, 0.2) is 36.7 Å². The Morgan fingerprint density at radius 1 is 1.29 bits per heavy atom. The summed E-state index contributed by atoms with van der Waals surface area (Å²) in [5, 5.41) is 0. The standard InChI is InChI=1S/C12H8NS/c1-2-4-11-6-7-12(14-11)10-5-3-8-13-9-10/h3,5-9H,1H2. The lowest BCUT2D eigenvalue weighted by Gasteiger charge is -1.92. The molecule has 0 fully saturated rings. The number of hydrogen-bond acceptors (Lipinski definition) is 2. The van der Waals surface area contributed by atoms with Crippen molar-refractivity contribution in [2.24, 2.45) is 0 Å². The minimum absolute atomic E-state index is 1.04. The van der Waals surface area contributed by atoms with Crippen molar-refractivity contribution in [2.45, 2.75) is 0 Å². The number of aromatic nitrogens is 1. The Labute approximate surface area is 87.4 Å². The molecule has 0 saturated heterocycles. The lowest BCUT2D eigenvalue weighted by atomic mass is 10.2. The van der Waals surface area contributed by atoms with Crippen molar-refractivity contribution >= 4 is 11.3 Å². The molecule has 0 atom stereocenters. The molecule has 0 aliphatic rings. The molecule has 0 aliphatic heterocycles. The van der Waals surface area contributed by atoms with E-state index in [2.05, 4.69) is 29.8 Å². The molecule has 0 aromatic carbocycles. The minimum atomic E-state index is 1.04. The van der Waals surface area contributed by atoms with Crippen LogP contribution in [0.4, 0.5) is 0 Å². The summed E-state index contributed by atoms with van der Waals surface area (Å²) in [6, 6.07) is 8.04. The molecular weight excluding hydrogens is 190 g/mol.